The third-order valence-electron chi connectivity index (χ3n) is 2.58. The van der Waals surface area contributed by atoms with Crippen LogP contribution in [0.5, 0.6) is 0 Å². The van der Waals surface area contributed by atoms with Crippen LogP contribution in [0.15, 0.2) is 24.3 Å². The number of pyridine rings is 1. The van der Waals surface area contributed by atoms with Gasteiger partial charge in [-0.2, -0.15) is 0 Å². The van der Waals surface area contributed by atoms with Gasteiger partial charge in [0.25, 0.3) is 0 Å². The van der Waals surface area contributed by atoms with Gasteiger partial charge in [0, 0.05) is 6.07 Å². The fourth-order valence-electron chi connectivity index (χ4n) is 1.65. The van der Waals surface area contributed by atoms with Gasteiger partial charge in [-0.3, -0.25) is 0 Å². The molecule has 0 saturated carbocycles. The molecule has 4 nitrogen and oxygen atoms in total. The second-order valence-corrected chi connectivity index (χ2v) is 4.41. The lowest BCUT2D eigenvalue weighted by molar-refractivity contribution is 0.0695. The Balaban J connectivity index is 2.36. The van der Waals surface area contributed by atoms with Crippen molar-refractivity contribution in [2.24, 2.45) is 0 Å². The van der Waals surface area contributed by atoms with Gasteiger partial charge in [0.1, 0.15) is 11.6 Å². The van der Waals surface area contributed by atoms with Gasteiger partial charge in [0.05, 0.1) is 22.0 Å². The van der Waals surface area contributed by atoms with E-state index in [1.165, 1.54) is 19.1 Å². The van der Waals surface area contributed by atoms with Crippen LogP contribution in [-0.2, 0) is 0 Å². The lowest BCUT2D eigenvalue weighted by Crippen LogP contribution is -2.04. The molecule has 0 unspecified atom stereocenters. The first-order valence-corrected chi connectivity index (χ1v) is 5.89. The van der Waals surface area contributed by atoms with Gasteiger partial charge >= 0.3 is 5.97 Å². The van der Waals surface area contributed by atoms with Gasteiger partial charge < -0.3 is 10.4 Å². The number of carboxylic acids is 1. The molecule has 1 aromatic heterocycles. The number of carboxylic acid groups (broad SMARTS) is 1. The molecule has 0 aliphatic carbocycles. The molecule has 0 radical (unpaired) electrons. The summed E-state index contributed by atoms with van der Waals surface area (Å²) in [6, 6.07) is 4.36. The number of aryl methyl sites for hydroxylation is 1. The number of aromatic nitrogens is 1. The number of anilines is 2. The number of hydrogen-bond donors (Lipinski definition) is 2. The highest BCUT2D eigenvalue weighted by Gasteiger charge is 2.13. The molecule has 0 amide bonds. The van der Waals surface area contributed by atoms with Crippen LogP contribution in [0.25, 0.3) is 0 Å². The van der Waals surface area contributed by atoms with Gasteiger partial charge in [-0.25, -0.2) is 18.6 Å². The predicted molar refractivity (Wildman–Crippen MR) is 70.6 cm³/mol. The summed E-state index contributed by atoms with van der Waals surface area (Å²) >= 11 is 5.74. The molecule has 1 heterocycles. The zero-order valence-corrected chi connectivity index (χ0v) is 11.0. The second-order valence-electron chi connectivity index (χ2n) is 4.00. The molecule has 2 rings (SSSR count). The second kappa shape index (κ2) is 5.42. The minimum Gasteiger partial charge on any atom is -0.478 e. The van der Waals surface area contributed by atoms with Gasteiger partial charge in [0.15, 0.2) is 5.82 Å². The Morgan fingerprint density at radius 1 is 1.35 bits per heavy atom. The number of nitrogens with zero attached hydrogens (tertiary/aromatic N) is 1. The first-order chi connectivity index (χ1) is 9.38. The zero-order chi connectivity index (χ0) is 14.9. The maximum absolute atomic E-state index is 13.6. The van der Waals surface area contributed by atoms with E-state index < -0.39 is 17.6 Å². The minimum absolute atomic E-state index is 0.0428. The molecule has 104 valence electrons. The third kappa shape index (κ3) is 2.85. The molecule has 2 aromatic rings. The van der Waals surface area contributed by atoms with E-state index in [0.29, 0.717) is 6.07 Å². The highest BCUT2D eigenvalue weighted by atomic mass is 35.5. The quantitative estimate of drug-likeness (QED) is 0.905. The lowest BCUT2D eigenvalue weighted by Gasteiger charge is -2.10. The van der Waals surface area contributed by atoms with Crippen molar-refractivity contribution in [3.63, 3.8) is 0 Å². The summed E-state index contributed by atoms with van der Waals surface area (Å²) in [6.07, 6.45) is 0. The van der Waals surface area contributed by atoms with E-state index in [1.54, 1.807) is 0 Å². The smallest absolute Gasteiger partial charge is 0.337 e. The normalized spacial score (nSPS) is 10.4. The van der Waals surface area contributed by atoms with E-state index >= 15 is 0 Å². The Bertz CT molecular complexity index is 669. The molecule has 0 aliphatic heterocycles. The Kier molecular flexibility index (Phi) is 3.85. The van der Waals surface area contributed by atoms with Crippen molar-refractivity contribution in [2.45, 2.75) is 6.92 Å². The van der Waals surface area contributed by atoms with Crippen LogP contribution in [0.3, 0.4) is 0 Å². The van der Waals surface area contributed by atoms with Crippen LogP contribution < -0.4 is 5.32 Å². The van der Waals surface area contributed by atoms with Crippen LogP contribution in [0.4, 0.5) is 20.3 Å². The fraction of sp³-hybridized carbons (Fsp3) is 0.0769. The Labute approximate surface area is 118 Å². The standard InChI is InChI=1S/C13H9ClF2N2O2/c1-6-8(13(19)20)2-3-11(17-6)18-12-9(14)4-7(15)5-10(12)16/h2-5H,1H3,(H,17,18)(H,19,20). The number of rotatable bonds is 3. The minimum atomic E-state index is -1.10. The third-order valence-corrected chi connectivity index (χ3v) is 2.87. The SMILES string of the molecule is Cc1nc(Nc2c(F)cc(F)cc2Cl)ccc1C(=O)O. The summed E-state index contributed by atoms with van der Waals surface area (Å²) in [7, 11) is 0. The molecule has 0 atom stereocenters. The Hall–Kier alpha value is -2.21. The van der Waals surface area contributed by atoms with E-state index in [1.807, 2.05) is 0 Å². The zero-order valence-electron chi connectivity index (χ0n) is 10.2. The van der Waals surface area contributed by atoms with Crippen LogP contribution in [-0.4, -0.2) is 16.1 Å². The van der Waals surface area contributed by atoms with E-state index in [2.05, 4.69) is 10.3 Å². The molecule has 2 N–H and O–H groups in total. The summed E-state index contributed by atoms with van der Waals surface area (Å²) in [5, 5.41) is 11.3. The van der Waals surface area contributed by atoms with Gasteiger partial charge in [-0.1, -0.05) is 11.6 Å². The summed E-state index contributed by atoms with van der Waals surface area (Å²) < 4.78 is 26.5. The molecular formula is C13H9ClF2N2O2. The number of aromatic carboxylic acids is 1. The highest BCUT2D eigenvalue weighted by Crippen LogP contribution is 2.29. The van der Waals surface area contributed by atoms with Crippen LogP contribution in [0.2, 0.25) is 5.02 Å². The average molecular weight is 299 g/mol. The van der Waals surface area contributed by atoms with Crippen LogP contribution in [0.1, 0.15) is 16.1 Å². The van der Waals surface area contributed by atoms with E-state index in [-0.39, 0.29) is 27.8 Å². The topological polar surface area (TPSA) is 62.2 Å². The Morgan fingerprint density at radius 3 is 2.60 bits per heavy atom. The van der Waals surface area contributed by atoms with Crippen molar-refractivity contribution in [1.29, 1.82) is 0 Å². The van der Waals surface area contributed by atoms with Gasteiger partial charge in [-0.05, 0) is 25.1 Å². The number of hydrogen-bond acceptors (Lipinski definition) is 3. The van der Waals surface area contributed by atoms with E-state index in [0.717, 1.165) is 6.07 Å². The first kappa shape index (κ1) is 14.2. The number of carbonyl (C=O) groups is 1. The molecule has 0 aliphatic rings. The number of nitrogens with one attached hydrogen (secondary N) is 1. The van der Waals surface area contributed by atoms with Crippen LogP contribution >= 0.6 is 11.6 Å². The van der Waals surface area contributed by atoms with Crippen molar-refractivity contribution in [3.8, 4) is 0 Å². The molecule has 0 spiro atoms. The van der Waals surface area contributed by atoms with Gasteiger partial charge in [-0.15, -0.1) is 0 Å². The summed E-state index contributed by atoms with van der Waals surface area (Å²) in [5.41, 5.74) is 0.186. The summed E-state index contributed by atoms with van der Waals surface area (Å²) in [4.78, 5) is 14.8. The van der Waals surface area contributed by atoms with E-state index in [9.17, 15) is 13.6 Å². The van der Waals surface area contributed by atoms with Gasteiger partial charge in [0.2, 0.25) is 0 Å². The predicted octanol–water partition coefficient (Wildman–Crippen LogP) is 3.76. The largest absolute Gasteiger partial charge is 0.478 e. The maximum atomic E-state index is 13.6. The van der Waals surface area contributed by atoms with Crippen molar-refractivity contribution in [3.05, 3.63) is 52.2 Å². The molecular weight excluding hydrogens is 290 g/mol. The molecule has 20 heavy (non-hydrogen) atoms. The van der Waals surface area contributed by atoms with Crippen molar-refractivity contribution in [1.82, 2.24) is 4.98 Å². The summed E-state index contributed by atoms with van der Waals surface area (Å²) in [6.45, 7) is 1.51. The molecule has 7 heteroatoms. The van der Waals surface area contributed by atoms with Crippen molar-refractivity contribution < 1.29 is 18.7 Å². The molecule has 0 bridgehead atoms. The maximum Gasteiger partial charge on any atom is 0.337 e. The fourth-order valence-corrected chi connectivity index (χ4v) is 1.89. The van der Waals surface area contributed by atoms with Crippen molar-refractivity contribution >= 4 is 29.1 Å². The summed E-state index contributed by atoms with van der Waals surface area (Å²) in [5.74, 6) is -2.55. The first-order valence-electron chi connectivity index (χ1n) is 5.51. The molecule has 0 fully saturated rings. The van der Waals surface area contributed by atoms with E-state index in [4.69, 9.17) is 16.7 Å². The number of halogens is 3. The molecule has 1 aromatic carbocycles. The highest BCUT2D eigenvalue weighted by molar-refractivity contribution is 6.33. The lowest BCUT2D eigenvalue weighted by atomic mass is 10.2. The molecule has 0 saturated heterocycles. The Morgan fingerprint density at radius 2 is 2.05 bits per heavy atom. The van der Waals surface area contributed by atoms with Crippen molar-refractivity contribution in [2.75, 3.05) is 5.32 Å². The number of benzene rings is 1. The average Bonchev–Trinajstić information content (AvgIpc) is 2.33. The van der Waals surface area contributed by atoms with Crippen LogP contribution in [0, 0.1) is 18.6 Å². The monoisotopic (exact) mass is 298 g/mol.